The van der Waals surface area contributed by atoms with Crippen LogP contribution in [0.4, 0.5) is 4.79 Å². The number of rotatable bonds is 3. The maximum atomic E-state index is 12.2. The average Bonchev–Trinajstić information content (AvgIpc) is 2.56. The molecule has 0 saturated heterocycles. The molecule has 0 aromatic heterocycles. The van der Waals surface area contributed by atoms with Crippen molar-refractivity contribution in [3.05, 3.63) is 28.8 Å². The van der Waals surface area contributed by atoms with Gasteiger partial charge in [-0.25, -0.2) is 4.79 Å². The third kappa shape index (κ3) is 3.09. The van der Waals surface area contributed by atoms with Gasteiger partial charge in [-0.15, -0.1) is 0 Å². The Labute approximate surface area is 146 Å². The van der Waals surface area contributed by atoms with Crippen molar-refractivity contribution in [3.63, 3.8) is 0 Å². The molecule has 5 nitrogen and oxygen atoms in total. The minimum absolute atomic E-state index is 0.0856. The highest BCUT2D eigenvalue weighted by atomic mass is 35.5. The zero-order chi connectivity index (χ0) is 17.3. The molecular formula is C18H21ClN2O3. The van der Waals surface area contributed by atoms with Crippen molar-refractivity contribution in [1.29, 1.82) is 5.26 Å². The Morgan fingerprint density at radius 1 is 1.46 bits per heavy atom. The summed E-state index contributed by atoms with van der Waals surface area (Å²) in [5.74, 6) is 0.522. The zero-order valence-corrected chi connectivity index (χ0v) is 14.4. The van der Waals surface area contributed by atoms with Crippen LogP contribution in [0.25, 0.3) is 0 Å². The lowest BCUT2D eigenvalue weighted by atomic mass is 9.71. The average molecular weight is 349 g/mol. The van der Waals surface area contributed by atoms with Crippen LogP contribution in [0.3, 0.4) is 0 Å². The Morgan fingerprint density at radius 3 is 3.00 bits per heavy atom. The maximum absolute atomic E-state index is 12.2. The minimum atomic E-state index is -0.544. The van der Waals surface area contributed by atoms with Crippen LogP contribution in [0, 0.1) is 23.2 Å². The lowest BCUT2D eigenvalue weighted by Gasteiger charge is -2.44. The van der Waals surface area contributed by atoms with Crippen molar-refractivity contribution in [3.8, 4) is 11.8 Å². The van der Waals surface area contributed by atoms with Crippen molar-refractivity contribution < 1.29 is 14.6 Å². The number of hydrogen-bond acceptors (Lipinski definition) is 4. The molecule has 128 valence electrons. The molecule has 1 aromatic carbocycles. The second-order valence-electron chi connectivity index (χ2n) is 6.65. The van der Waals surface area contributed by atoms with Gasteiger partial charge < -0.3 is 14.7 Å². The van der Waals surface area contributed by atoms with E-state index in [0.717, 1.165) is 24.8 Å². The van der Waals surface area contributed by atoms with E-state index in [0.29, 0.717) is 23.6 Å². The standard InChI is InChI=1S/C18H21ClN2O3/c1-21-16(13-6-2-4-11(17(13)22)5-3-9-20)14-10-12(19)7-8-15(14)24-18(21)23/h7-8,10-11,13,16-17,22H,2-6H2,1H3. The Kier molecular flexibility index (Phi) is 4.98. The fraction of sp³-hybridized carbons (Fsp3) is 0.556. The van der Waals surface area contributed by atoms with Crippen LogP contribution in [-0.2, 0) is 0 Å². The van der Waals surface area contributed by atoms with Crippen LogP contribution >= 0.6 is 11.6 Å². The summed E-state index contributed by atoms with van der Waals surface area (Å²) in [6, 6.07) is 7.11. The molecule has 1 aromatic rings. The molecule has 3 rings (SSSR count). The first kappa shape index (κ1) is 17.1. The number of carbonyl (C=O) groups is 1. The molecule has 0 bridgehead atoms. The van der Waals surface area contributed by atoms with Gasteiger partial charge in [0.25, 0.3) is 0 Å². The number of aliphatic hydroxyl groups is 1. The van der Waals surface area contributed by atoms with Crippen LogP contribution in [0.1, 0.15) is 43.7 Å². The number of fused-ring (bicyclic) bond motifs is 1. The van der Waals surface area contributed by atoms with Crippen molar-refractivity contribution >= 4 is 17.7 Å². The molecular weight excluding hydrogens is 328 g/mol. The van der Waals surface area contributed by atoms with Gasteiger partial charge in [0.1, 0.15) is 5.75 Å². The van der Waals surface area contributed by atoms with Crippen LogP contribution < -0.4 is 4.74 Å². The molecule has 1 heterocycles. The SMILES string of the molecule is CN1C(=O)Oc2ccc(Cl)cc2C1C1CCCC(CCC#N)C1O. The lowest BCUT2D eigenvalue weighted by Crippen LogP contribution is -2.47. The van der Waals surface area contributed by atoms with Gasteiger partial charge in [-0.1, -0.05) is 18.0 Å². The molecule has 1 saturated carbocycles. The Bertz CT molecular complexity index is 673. The van der Waals surface area contributed by atoms with Gasteiger partial charge in [0.05, 0.1) is 18.2 Å². The molecule has 1 aliphatic carbocycles. The van der Waals surface area contributed by atoms with Crippen LogP contribution in [0.5, 0.6) is 5.75 Å². The normalized spacial score (nSPS) is 29.6. The van der Waals surface area contributed by atoms with E-state index in [9.17, 15) is 9.90 Å². The summed E-state index contributed by atoms with van der Waals surface area (Å²) >= 11 is 6.14. The molecule has 1 fully saturated rings. The highest BCUT2D eigenvalue weighted by Crippen LogP contribution is 2.46. The van der Waals surface area contributed by atoms with Crippen molar-refractivity contribution in [2.24, 2.45) is 11.8 Å². The summed E-state index contributed by atoms with van der Waals surface area (Å²) in [6.07, 6.45) is 2.91. The number of aliphatic hydroxyl groups excluding tert-OH is 1. The fourth-order valence-corrected chi connectivity index (χ4v) is 4.25. The van der Waals surface area contributed by atoms with Gasteiger partial charge in [-0.05, 0) is 43.4 Å². The van der Waals surface area contributed by atoms with Gasteiger partial charge >= 0.3 is 6.09 Å². The van der Waals surface area contributed by atoms with Crippen molar-refractivity contribution in [2.75, 3.05) is 7.05 Å². The summed E-state index contributed by atoms with van der Waals surface area (Å²) in [6.45, 7) is 0. The van der Waals surface area contributed by atoms with Gasteiger partial charge in [-0.2, -0.15) is 5.26 Å². The van der Waals surface area contributed by atoms with E-state index < -0.39 is 12.2 Å². The Hall–Kier alpha value is -1.77. The number of amides is 1. The smallest absolute Gasteiger partial charge is 0.410 e. The number of carbonyl (C=O) groups excluding carboxylic acids is 1. The van der Waals surface area contributed by atoms with Crippen molar-refractivity contribution in [2.45, 2.75) is 44.2 Å². The molecule has 4 atom stereocenters. The maximum Gasteiger partial charge on any atom is 0.415 e. The third-order valence-corrected chi connectivity index (χ3v) is 5.49. The summed E-state index contributed by atoms with van der Waals surface area (Å²) in [5.41, 5.74) is 0.842. The highest BCUT2D eigenvalue weighted by Gasteiger charge is 2.43. The largest absolute Gasteiger partial charge is 0.415 e. The molecule has 6 heteroatoms. The minimum Gasteiger partial charge on any atom is -0.410 e. The van der Waals surface area contributed by atoms with E-state index in [-0.39, 0.29) is 17.9 Å². The molecule has 0 spiro atoms. The van der Waals surface area contributed by atoms with E-state index in [1.165, 1.54) is 0 Å². The number of hydrogen-bond donors (Lipinski definition) is 1. The van der Waals surface area contributed by atoms with Gasteiger partial charge in [0.2, 0.25) is 0 Å². The van der Waals surface area contributed by atoms with Crippen molar-refractivity contribution in [1.82, 2.24) is 4.90 Å². The first-order valence-electron chi connectivity index (χ1n) is 8.32. The van der Waals surface area contributed by atoms with E-state index in [4.69, 9.17) is 21.6 Å². The predicted molar refractivity (Wildman–Crippen MR) is 89.7 cm³/mol. The predicted octanol–water partition coefficient (Wildman–Crippen LogP) is 3.91. The zero-order valence-electron chi connectivity index (χ0n) is 13.6. The lowest BCUT2D eigenvalue weighted by molar-refractivity contribution is -0.0251. The molecule has 1 N–H and O–H groups in total. The first-order valence-corrected chi connectivity index (χ1v) is 8.70. The highest BCUT2D eigenvalue weighted by molar-refractivity contribution is 6.30. The van der Waals surface area contributed by atoms with Gasteiger partial charge in [0, 0.05) is 30.0 Å². The topological polar surface area (TPSA) is 73.6 Å². The Balaban J connectivity index is 1.93. The number of halogens is 1. The number of nitriles is 1. The van der Waals surface area contributed by atoms with Gasteiger partial charge in [0.15, 0.2) is 0 Å². The van der Waals surface area contributed by atoms with E-state index >= 15 is 0 Å². The van der Waals surface area contributed by atoms with Gasteiger partial charge in [-0.3, -0.25) is 0 Å². The third-order valence-electron chi connectivity index (χ3n) is 5.26. The number of ether oxygens (including phenoxy) is 1. The Morgan fingerprint density at radius 2 is 2.25 bits per heavy atom. The van der Waals surface area contributed by atoms with Crippen LogP contribution in [0.2, 0.25) is 5.02 Å². The van der Waals surface area contributed by atoms with Crippen LogP contribution in [-0.4, -0.2) is 29.3 Å². The number of nitrogens with zero attached hydrogens (tertiary/aromatic N) is 2. The molecule has 4 unspecified atom stereocenters. The van der Waals surface area contributed by atoms with E-state index in [1.807, 2.05) is 6.07 Å². The summed E-state index contributed by atoms with van der Waals surface area (Å²) in [5, 5.41) is 20.3. The molecule has 0 radical (unpaired) electrons. The quantitative estimate of drug-likeness (QED) is 0.898. The molecule has 2 aliphatic rings. The van der Waals surface area contributed by atoms with E-state index in [1.54, 1.807) is 24.1 Å². The molecule has 1 aliphatic heterocycles. The van der Waals surface area contributed by atoms with E-state index in [2.05, 4.69) is 6.07 Å². The second kappa shape index (κ2) is 7.00. The number of benzene rings is 1. The second-order valence-corrected chi connectivity index (χ2v) is 7.08. The monoisotopic (exact) mass is 348 g/mol. The molecule has 1 amide bonds. The fourth-order valence-electron chi connectivity index (χ4n) is 4.07. The molecule has 24 heavy (non-hydrogen) atoms. The summed E-state index contributed by atoms with van der Waals surface area (Å²) < 4.78 is 5.35. The summed E-state index contributed by atoms with van der Waals surface area (Å²) in [4.78, 5) is 13.8. The van der Waals surface area contributed by atoms with Crippen LogP contribution in [0.15, 0.2) is 18.2 Å². The first-order chi connectivity index (χ1) is 11.5. The summed E-state index contributed by atoms with van der Waals surface area (Å²) in [7, 11) is 1.70.